The molecule has 0 spiro atoms. The van der Waals surface area contributed by atoms with Crippen LogP contribution < -0.4 is 20.1 Å². The summed E-state index contributed by atoms with van der Waals surface area (Å²) in [7, 11) is 3.29. The maximum Gasteiger partial charge on any atom is 0.407 e. The Balaban J connectivity index is 0.000000205. The Morgan fingerprint density at radius 3 is 1.28 bits per heavy atom. The highest BCUT2D eigenvalue weighted by Gasteiger charge is 2.45. The minimum absolute atomic E-state index is 0. The fourth-order valence-corrected chi connectivity index (χ4v) is 11.3. The van der Waals surface area contributed by atoms with Crippen molar-refractivity contribution < 1.29 is 67.4 Å². The number of ether oxygens (including phenoxy) is 8. The molecule has 432 valence electrons. The normalized spacial score (nSPS) is 24.1. The van der Waals surface area contributed by atoms with E-state index in [2.05, 4.69) is 10.6 Å². The van der Waals surface area contributed by atoms with Gasteiger partial charge in [-0.1, -0.05) is 118 Å². The predicted molar refractivity (Wildman–Crippen MR) is 295 cm³/mol. The average Bonchev–Trinajstić information content (AvgIpc) is 4.39. The summed E-state index contributed by atoms with van der Waals surface area (Å²) >= 11 is 0. The molecule has 0 bridgehead atoms. The minimum Gasteiger partial charge on any atom is -0.497 e. The lowest BCUT2D eigenvalue weighted by Crippen LogP contribution is -2.50. The van der Waals surface area contributed by atoms with Gasteiger partial charge in [0.05, 0.1) is 102 Å². The first kappa shape index (κ1) is 59.7. The summed E-state index contributed by atoms with van der Waals surface area (Å²) in [6.45, 7) is 3.31. The second-order valence-electron chi connectivity index (χ2n) is 21.3. The highest BCUT2D eigenvalue weighted by atomic mass is 16.7. The highest BCUT2D eigenvalue weighted by molar-refractivity contribution is 5.68. The molecule has 2 aliphatic carbocycles. The number of amides is 2. The second-order valence-corrected chi connectivity index (χ2v) is 21.3. The van der Waals surface area contributed by atoms with Gasteiger partial charge in [0, 0.05) is 13.1 Å². The van der Waals surface area contributed by atoms with E-state index in [0.717, 1.165) is 98.0 Å². The Hall–Kier alpha value is -5.38. The Labute approximate surface area is 466 Å². The van der Waals surface area contributed by atoms with Gasteiger partial charge < -0.3 is 58.7 Å². The fourth-order valence-electron chi connectivity index (χ4n) is 11.3. The van der Waals surface area contributed by atoms with Gasteiger partial charge in [-0.2, -0.15) is 10.1 Å². The molecular weight excluding hydrogens is 1010 g/mol. The zero-order valence-electron chi connectivity index (χ0n) is 45.2. The van der Waals surface area contributed by atoms with E-state index in [9.17, 15) is 19.8 Å². The van der Waals surface area contributed by atoms with E-state index in [1.165, 1.54) is 0 Å². The summed E-state index contributed by atoms with van der Waals surface area (Å²) in [5, 5.41) is 32.5. The topological polar surface area (TPSA) is 197 Å². The molecule has 10 atom stereocenters. The molecular formula is C61H84N4O14. The fraction of sp³-hybridized carbons (Fsp3) is 0.574. The van der Waals surface area contributed by atoms with Crippen molar-refractivity contribution in [1.29, 1.82) is 0 Å². The summed E-state index contributed by atoms with van der Waals surface area (Å²) < 4.78 is 44.4. The van der Waals surface area contributed by atoms with Crippen LogP contribution in [0.15, 0.2) is 109 Å². The number of hydrogen-bond donors (Lipinski definition) is 4. The molecule has 18 nitrogen and oxygen atoms in total. The van der Waals surface area contributed by atoms with Crippen LogP contribution in [0.5, 0.6) is 11.5 Å². The molecule has 2 saturated carbocycles. The third-order valence-electron chi connectivity index (χ3n) is 15.6. The summed E-state index contributed by atoms with van der Waals surface area (Å²) in [6, 6.07) is 34.2. The van der Waals surface area contributed by atoms with Gasteiger partial charge in [0.1, 0.15) is 23.7 Å². The Morgan fingerprint density at radius 2 is 0.911 bits per heavy atom. The number of rotatable bonds is 24. The van der Waals surface area contributed by atoms with Crippen LogP contribution in [0.2, 0.25) is 0 Å². The van der Waals surface area contributed by atoms with Crippen molar-refractivity contribution in [1.82, 2.24) is 20.8 Å². The molecule has 10 rings (SSSR count). The zero-order valence-corrected chi connectivity index (χ0v) is 45.2. The molecule has 18 heteroatoms. The number of aliphatic hydroxyl groups excluding tert-OH is 2. The molecule has 6 aliphatic rings. The molecule has 0 aromatic heterocycles. The van der Waals surface area contributed by atoms with E-state index in [1.54, 1.807) is 14.2 Å². The molecule has 4 aliphatic heterocycles. The summed E-state index contributed by atoms with van der Waals surface area (Å²) in [6.07, 6.45) is 7.12. The first-order valence-electron chi connectivity index (χ1n) is 28.1. The quantitative estimate of drug-likeness (QED) is 0.0489. The number of carbonyl (C=O) groups excluding carboxylic acids is 2. The second kappa shape index (κ2) is 30.4. The standard InChI is InChI=1S/2C30H40N2O7.CH4/c2*1-35-23-13-11-22(12-14-23)18-32(39-24-9-5-6-10-24)19-27(33)26(17-21-7-3-2-4-8-21)31-30(34)38-28-20-37-29-25(28)15-16-36-29;/h2*2-4,7-8,11-14,24-29,33H,5-6,9-10,15-20H2,1H3,(H,31,34);1H4/t2*25?,26-,27?,28?,29?;/m00./s1. The van der Waals surface area contributed by atoms with E-state index in [-0.39, 0.29) is 69.3 Å². The average molecular weight is 1100 g/mol. The van der Waals surface area contributed by atoms with Gasteiger partial charge >= 0.3 is 12.2 Å². The monoisotopic (exact) mass is 1100 g/mol. The maximum atomic E-state index is 13.0. The number of fused-ring (bicyclic) bond motifs is 2. The number of methoxy groups -OCH3 is 2. The van der Waals surface area contributed by atoms with Gasteiger partial charge in [0.25, 0.3) is 0 Å². The van der Waals surface area contributed by atoms with Crippen LogP contribution in [0, 0.1) is 11.8 Å². The third kappa shape index (κ3) is 17.8. The van der Waals surface area contributed by atoms with Crippen LogP contribution in [-0.2, 0) is 64.0 Å². The number of nitrogens with zero attached hydrogens (tertiary/aromatic N) is 2. The Morgan fingerprint density at radius 1 is 0.532 bits per heavy atom. The summed E-state index contributed by atoms with van der Waals surface area (Å²) in [5.74, 6) is 1.67. The van der Waals surface area contributed by atoms with Crippen molar-refractivity contribution in [2.45, 2.75) is 159 Å². The van der Waals surface area contributed by atoms with Crippen LogP contribution in [0.25, 0.3) is 0 Å². The van der Waals surface area contributed by atoms with Crippen molar-refractivity contribution in [3.05, 3.63) is 131 Å². The van der Waals surface area contributed by atoms with Gasteiger partial charge in [-0.25, -0.2) is 9.59 Å². The number of aliphatic hydroxyl groups is 2. The SMILES string of the molecule is C.COc1ccc(CN(CC(O)[C@H](Cc2ccccc2)NC(=O)OC2COC3OCCC23)OC2CCCC2)cc1.COc1ccc(CN(CC(O)[C@H](Cc2ccccc2)NC(=O)OC2COC3OCCC23)OC2CCCC2)cc1. The van der Waals surface area contributed by atoms with Gasteiger partial charge in [0.2, 0.25) is 0 Å². The largest absolute Gasteiger partial charge is 0.497 e. The number of benzene rings is 4. The molecule has 4 heterocycles. The van der Waals surface area contributed by atoms with E-state index < -0.39 is 36.5 Å². The third-order valence-corrected chi connectivity index (χ3v) is 15.6. The van der Waals surface area contributed by atoms with Crippen LogP contribution in [0.4, 0.5) is 9.59 Å². The van der Waals surface area contributed by atoms with Crippen molar-refractivity contribution in [3.63, 3.8) is 0 Å². The Bertz CT molecular complexity index is 2230. The van der Waals surface area contributed by atoms with Crippen LogP contribution in [-0.4, -0.2) is 148 Å². The van der Waals surface area contributed by atoms with Gasteiger partial charge in [-0.15, -0.1) is 0 Å². The van der Waals surface area contributed by atoms with E-state index in [0.29, 0.717) is 52.4 Å². The molecule has 6 fully saturated rings. The lowest BCUT2D eigenvalue weighted by Gasteiger charge is -2.31. The number of hydroxylamine groups is 4. The maximum absolute atomic E-state index is 13.0. The first-order valence-corrected chi connectivity index (χ1v) is 28.1. The smallest absolute Gasteiger partial charge is 0.407 e. The van der Waals surface area contributed by atoms with Crippen LogP contribution in [0.3, 0.4) is 0 Å². The van der Waals surface area contributed by atoms with Crippen molar-refractivity contribution in [2.75, 3.05) is 53.7 Å². The van der Waals surface area contributed by atoms with E-state index in [1.807, 2.05) is 119 Å². The zero-order chi connectivity index (χ0) is 54.1. The number of carbonyl (C=O) groups is 2. The first-order chi connectivity index (χ1) is 38.1. The molecule has 4 aromatic carbocycles. The number of hydrogen-bond acceptors (Lipinski definition) is 16. The Kier molecular flexibility index (Phi) is 23.0. The van der Waals surface area contributed by atoms with E-state index in [4.69, 9.17) is 47.6 Å². The number of alkyl carbamates (subject to hydrolysis) is 2. The van der Waals surface area contributed by atoms with Crippen molar-refractivity contribution in [3.8, 4) is 11.5 Å². The molecule has 8 unspecified atom stereocenters. The molecule has 79 heavy (non-hydrogen) atoms. The van der Waals surface area contributed by atoms with Crippen LogP contribution in [0.1, 0.15) is 93.9 Å². The lowest BCUT2D eigenvalue weighted by atomic mass is 10.0. The van der Waals surface area contributed by atoms with Crippen LogP contribution >= 0.6 is 0 Å². The molecule has 0 radical (unpaired) electrons. The number of nitrogens with one attached hydrogen (secondary N) is 2. The van der Waals surface area contributed by atoms with E-state index >= 15 is 0 Å². The predicted octanol–water partition coefficient (Wildman–Crippen LogP) is 8.30. The van der Waals surface area contributed by atoms with Gasteiger partial charge in [-0.05, 0) is 97.9 Å². The summed E-state index contributed by atoms with van der Waals surface area (Å²) in [5.41, 5.74) is 4.10. The van der Waals surface area contributed by atoms with Gasteiger partial charge in [0.15, 0.2) is 12.6 Å². The molecule has 4 N–H and O–H groups in total. The van der Waals surface area contributed by atoms with Gasteiger partial charge in [-0.3, -0.25) is 9.68 Å². The summed E-state index contributed by atoms with van der Waals surface area (Å²) in [4.78, 5) is 38.8. The molecule has 4 aromatic rings. The minimum atomic E-state index is -0.903. The molecule has 4 saturated heterocycles. The molecule has 2 amide bonds. The van der Waals surface area contributed by atoms with Crippen molar-refractivity contribution >= 4 is 12.2 Å². The van der Waals surface area contributed by atoms with Crippen molar-refractivity contribution in [2.24, 2.45) is 11.8 Å². The lowest BCUT2D eigenvalue weighted by molar-refractivity contribution is -0.214. The highest BCUT2D eigenvalue weighted by Crippen LogP contribution is 2.35.